The lowest BCUT2D eigenvalue weighted by Crippen LogP contribution is -2.31. The van der Waals surface area contributed by atoms with Gasteiger partial charge in [0.25, 0.3) is 0 Å². The van der Waals surface area contributed by atoms with Gasteiger partial charge in [0, 0.05) is 10.5 Å². The maximum Gasteiger partial charge on any atom is 0.171 e. The maximum absolute atomic E-state index is 6.18. The predicted molar refractivity (Wildman–Crippen MR) is 86.9 cm³/mol. The molecule has 5 heteroatoms. The minimum Gasteiger partial charge on any atom is -0.480 e. The molecule has 0 saturated heterocycles. The molecule has 0 fully saturated rings. The van der Waals surface area contributed by atoms with Crippen molar-refractivity contribution in [1.29, 1.82) is 0 Å². The summed E-state index contributed by atoms with van der Waals surface area (Å²) in [5.41, 5.74) is 6.18. The third-order valence-electron chi connectivity index (χ3n) is 3.05. The van der Waals surface area contributed by atoms with Crippen LogP contribution < -0.4 is 10.5 Å². The lowest BCUT2D eigenvalue weighted by atomic mass is 10.1. The van der Waals surface area contributed by atoms with Crippen LogP contribution in [0.3, 0.4) is 0 Å². The Morgan fingerprint density at radius 1 is 1.25 bits per heavy atom. The highest BCUT2D eigenvalue weighted by Gasteiger charge is 2.24. The molecular formula is C15H17Br2NO2. The smallest absolute Gasteiger partial charge is 0.171 e. The Morgan fingerprint density at radius 3 is 2.55 bits per heavy atom. The van der Waals surface area contributed by atoms with Gasteiger partial charge in [0.15, 0.2) is 6.10 Å². The molecule has 3 nitrogen and oxygen atoms in total. The fourth-order valence-corrected chi connectivity index (χ4v) is 3.02. The normalized spacial score (nSPS) is 14.1. The summed E-state index contributed by atoms with van der Waals surface area (Å²) in [6, 6.07) is 9.49. The standard InChI is InChI=1S/C15H17Br2NO2/c1-3-12(18)15(14-6-4-9(2)19-14)20-13-7-5-10(16)8-11(13)17/h4-8,12,15H,3,18H2,1-2H3. The summed E-state index contributed by atoms with van der Waals surface area (Å²) >= 11 is 6.92. The van der Waals surface area contributed by atoms with E-state index in [-0.39, 0.29) is 12.1 Å². The molecule has 0 saturated carbocycles. The zero-order chi connectivity index (χ0) is 14.7. The van der Waals surface area contributed by atoms with Crippen LogP contribution in [-0.4, -0.2) is 6.04 Å². The van der Waals surface area contributed by atoms with E-state index in [2.05, 4.69) is 31.9 Å². The maximum atomic E-state index is 6.18. The van der Waals surface area contributed by atoms with E-state index < -0.39 is 0 Å². The van der Waals surface area contributed by atoms with Crippen molar-refractivity contribution >= 4 is 31.9 Å². The van der Waals surface area contributed by atoms with Crippen LogP contribution in [-0.2, 0) is 0 Å². The molecule has 0 aliphatic heterocycles. The average Bonchev–Trinajstić information content (AvgIpc) is 2.83. The van der Waals surface area contributed by atoms with Gasteiger partial charge in [-0.2, -0.15) is 0 Å². The van der Waals surface area contributed by atoms with E-state index in [9.17, 15) is 0 Å². The largest absolute Gasteiger partial charge is 0.480 e. The second-order valence-electron chi connectivity index (χ2n) is 4.63. The Labute approximate surface area is 135 Å². The van der Waals surface area contributed by atoms with Crippen LogP contribution in [0, 0.1) is 6.92 Å². The molecule has 2 aromatic rings. The average molecular weight is 403 g/mol. The first-order valence-electron chi connectivity index (χ1n) is 6.45. The van der Waals surface area contributed by atoms with Gasteiger partial charge in [0.2, 0.25) is 0 Å². The first kappa shape index (κ1) is 15.6. The van der Waals surface area contributed by atoms with Gasteiger partial charge in [-0.3, -0.25) is 0 Å². The van der Waals surface area contributed by atoms with Crippen LogP contribution in [0.15, 0.2) is 43.7 Å². The first-order valence-corrected chi connectivity index (χ1v) is 8.03. The minimum absolute atomic E-state index is 0.129. The molecule has 1 heterocycles. The Balaban J connectivity index is 2.28. The lowest BCUT2D eigenvalue weighted by Gasteiger charge is -2.23. The molecular weight excluding hydrogens is 386 g/mol. The number of rotatable bonds is 5. The Kier molecular flexibility index (Phi) is 5.29. The number of hydrogen-bond donors (Lipinski definition) is 1. The number of aryl methyl sites for hydroxylation is 1. The third kappa shape index (κ3) is 3.65. The number of nitrogens with two attached hydrogens (primary N) is 1. The van der Waals surface area contributed by atoms with Crippen molar-refractivity contribution in [2.24, 2.45) is 5.73 Å². The van der Waals surface area contributed by atoms with Crippen molar-refractivity contribution in [1.82, 2.24) is 0 Å². The van der Waals surface area contributed by atoms with Crippen molar-refractivity contribution < 1.29 is 9.15 Å². The summed E-state index contributed by atoms with van der Waals surface area (Å²) < 4.78 is 13.6. The SMILES string of the molecule is CCC(N)C(Oc1ccc(Br)cc1Br)c1ccc(C)o1. The fourth-order valence-electron chi connectivity index (χ4n) is 1.88. The summed E-state index contributed by atoms with van der Waals surface area (Å²) in [6.07, 6.45) is 0.504. The minimum atomic E-state index is -0.300. The van der Waals surface area contributed by atoms with Gasteiger partial charge in [-0.15, -0.1) is 0 Å². The van der Waals surface area contributed by atoms with Crippen molar-refractivity contribution in [3.63, 3.8) is 0 Å². The molecule has 0 bridgehead atoms. The van der Waals surface area contributed by atoms with Crippen LogP contribution in [0.1, 0.15) is 31.0 Å². The Morgan fingerprint density at radius 2 is 2.00 bits per heavy atom. The van der Waals surface area contributed by atoms with E-state index in [0.29, 0.717) is 0 Å². The lowest BCUT2D eigenvalue weighted by molar-refractivity contribution is 0.142. The molecule has 0 aliphatic carbocycles. The summed E-state index contributed by atoms with van der Waals surface area (Å²) in [6.45, 7) is 3.95. The zero-order valence-corrected chi connectivity index (χ0v) is 14.6. The molecule has 2 unspecified atom stereocenters. The van der Waals surface area contributed by atoms with E-state index in [1.807, 2.05) is 44.2 Å². The molecule has 20 heavy (non-hydrogen) atoms. The van der Waals surface area contributed by atoms with Gasteiger partial charge in [-0.1, -0.05) is 22.9 Å². The van der Waals surface area contributed by atoms with E-state index in [1.165, 1.54) is 0 Å². The molecule has 0 spiro atoms. The van der Waals surface area contributed by atoms with Gasteiger partial charge < -0.3 is 14.9 Å². The van der Waals surface area contributed by atoms with E-state index in [1.54, 1.807) is 0 Å². The summed E-state index contributed by atoms with van der Waals surface area (Å²) in [4.78, 5) is 0. The number of halogens is 2. The summed E-state index contributed by atoms with van der Waals surface area (Å²) in [7, 11) is 0. The molecule has 0 amide bonds. The molecule has 108 valence electrons. The van der Waals surface area contributed by atoms with Gasteiger partial charge >= 0.3 is 0 Å². The number of hydrogen-bond acceptors (Lipinski definition) is 3. The highest BCUT2D eigenvalue weighted by molar-refractivity contribution is 9.11. The molecule has 1 aromatic heterocycles. The van der Waals surface area contributed by atoms with Crippen LogP contribution in [0.5, 0.6) is 5.75 Å². The molecule has 1 aromatic carbocycles. The second kappa shape index (κ2) is 6.78. The molecule has 2 atom stereocenters. The quantitative estimate of drug-likeness (QED) is 0.767. The third-order valence-corrected chi connectivity index (χ3v) is 4.16. The van der Waals surface area contributed by atoms with E-state index >= 15 is 0 Å². The molecule has 2 N–H and O–H groups in total. The van der Waals surface area contributed by atoms with Crippen LogP contribution in [0.25, 0.3) is 0 Å². The number of benzene rings is 1. The van der Waals surface area contributed by atoms with E-state index in [4.69, 9.17) is 14.9 Å². The van der Waals surface area contributed by atoms with Gasteiger partial charge in [0.1, 0.15) is 17.3 Å². The molecule has 0 radical (unpaired) electrons. The Bertz CT molecular complexity index is 583. The zero-order valence-electron chi connectivity index (χ0n) is 11.4. The topological polar surface area (TPSA) is 48.4 Å². The van der Waals surface area contributed by atoms with E-state index in [0.717, 1.165) is 32.6 Å². The molecule has 2 rings (SSSR count). The van der Waals surface area contributed by atoms with Crippen LogP contribution >= 0.6 is 31.9 Å². The predicted octanol–water partition coefficient (Wildman–Crippen LogP) is 4.97. The van der Waals surface area contributed by atoms with Crippen LogP contribution in [0.4, 0.5) is 0 Å². The second-order valence-corrected chi connectivity index (χ2v) is 6.40. The van der Waals surface area contributed by atoms with Crippen molar-refractivity contribution in [3.05, 3.63) is 50.8 Å². The number of furan rings is 1. The highest BCUT2D eigenvalue weighted by Crippen LogP contribution is 2.33. The van der Waals surface area contributed by atoms with Gasteiger partial charge in [0.05, 0.1) is 4.47 Å². The van der Waals surface area contributed by atoms with Gasteiger partial charge in [-0.05, 0) is 59.6 Å². The summed E-state index contributed by atoms with van der Waals surface area (Å²) in [5, 5.41) is 0. The van der Waals surface area contributed by atoms with Gasteiger partial charge in [-0.25, -0.2) is 0 Å². The van der Waals surface area contributed by atoms with Crippen molar-refractivity contribution in [3.8, 4) is 5.75 Å². The van der Waals surface area contributed by atoms with Crippen molar-refractivity contribution in [2.45, 2.75) is 32.4 Å². The summed E-state index contributed by atoms with van der Waals surface area (Å²) in [5.74, 6) is 2.36. The number of ether oxygens (including phenoxy) is 1. The Hall–Kier alpha value is -0.780. The monoisotopic (exact) mass is 401 g/mol. The first-order chi connectivity index (χ1) is 9.51. The van der Waals surface area contributed by atoms with Crippen molar-refractivity contribution in [2.75, 3.05) is 0 Å². The highest BCUT2D eigenvalue weighted by atomic mass is 79.9. The molecule has 0 aliphatic rings. The van der Waals surface area contributed by atoms with Crippen LogP contribution in [0.2, 0.25) is 0 Å². The fraction of sp³-hybridized carbons (Fsp3) is 0.333.